The van der Waals surface area contributed by atoms with Gasteiger partial charge in [0.05, 0.1) is 46.7 Å². The molecule has 0 saturated carbocycles. The number of benzene rings is 8. The highest BCUT2D eigenvalue weighted by molar-refractivity contribution is 6.31. The second-order valence-corrected chi connectivity index (χ2v) is 31.1. The standard InChI is InChI=1S/C81H95ClF2N2O4/c1-46(2)51-22-26-59-60-27-23-52(47(3)4)34-69(60)85(68(59)33-51)72-39-55(80(16,17)44-78(10,11)12)37-63(74(72)87)65-41-57(82)42-67(84)77(65)90-31-21-20-30-89-76-50(9)32-58(83)43-66(76)64-38-56(81(18,19)45-79(13,14)15)40-73(75(64)88)86-70-35-53(48(5)6)24-28-61(70)62-29-25-54(49(7)8)36-71(62)86/h22-29,32-43,46-49,87-88H,20-21,30-31,44-45H2,1-19H3. The Morgan fingerprint density at radius 1 is 0.433 bits per heavy atom. The Balaban J connectivity index is 1.02. The molecule has 0 fully saturated rings. The van der Waals surface area contributed by atoms with E-state index < -0.39 is 17.0 Å². The van der Waals surface area contributed by atoms with Crippen LogP contribution in [-0.4, -0.2) is 32.6 Å². The van der Waals surface area contributed by atoms with Gasteiger partial charge in [0.1, 0.15) is 23.1 Å². The lowest BCUT2D eigenvalue weighted by molar-refractivity contribution is 0.260. The van der Waals surface area contributed by atoms with Gasteiger partial charge >= 0.3 is 0 Å². The van der Waals surface area contributed by atoms with E-state index in [1.165, 1.54) is 40.5 Å². The van der Waals surface area contributed by atoms with E-state index in [1.54, 1.807) is 6.07 Å². The first kappa shape index (κ1) is 65.7. The molecule has 0 bridgehead atoms. The first-order chi connectivity index (χ1) is 42.1. The highest BCUT2D eigenvalue weighted by Crippen LogP contribution is 2.51. The molecule has 8 aromatic carbocycles. The molecular weight excluding hydrogens is 1140 g/mol. The molecule has 0 aliphatic rings. The Kier molecular flexibility index (Phi) is 18.0. The van der Waals surface area contributed by atoms with Crippen LogP contribution in [0.4, 0.5) is 8.78 Å². The SMILES string of the molecule is Cc1cc(F)cc(-c2cc(C(C)(C)CC(C)(C)C)cc(-n3c4cc(C(C)C)ccc4c4ccc(C(C)C)cc43)c2O)c1OCCCCOc1c(F)cc(Cl)cc1-c1cc(C(C)(C)CC(C)(C)C)cc(-n2c3cc(C(C)C)ccc3c3ccc(C(C)C)cc32)c1O. The molecule has 10 aromatic rings. The fourth-order valence-corrected chi connectivity index (χ4v) is 14.5. The second kappa shape index (κ2) is 24.7. The van der Waals surface area contributed by atoms with Crippen LogP contribution < -0.4 is 9.47 Å². The van der Waals surface area contributed by atoms with Gasteiger partial charge in [0.2, 0.25) is 0 Å². The van der Waals surface area contributed by atoms with Gasteiger partial charge in [-0.2, -0.15) is 0 Å². The van der Waals surface area contributed by atoms with Crippen LogP contribution in [0.3, 0.4) is 0 Å². The van der Waals surface area contributed by atoms with E-state index in [2.05, 4.69) is 219 Å². The monoisotopic (exact) mass is 1230 g/mol. The Morgan fingerprint density at radius 2 is 0.778 bits per heavy atom. The number of hydrogen-bond acceptors (Lipinski definition) is 4. The van der Waals surface area contributed by atoms with Crippen molar-refractivity contribution in [3.63, 3.8) is 0 Å². The predicted molar refractivity (Wildman–Crippen MR) is 376 cm³/mol. The van der Waals surface area contributed by atoms with E-state index in [4.69, 9.17) is 21.1 Å². The van der Waals surface area contributed by atoms with E-state index in [9.17, 15) is 10.2 Å². The molecule has 0 aliphatic heterocycles. The number of aryl methyl sites for hydroxylation is 1. The second-order valence-electron chi connectivity index (χ2n) is 30.7. The van der Waals surface area contributed by atoms with Crippen molar-refractivity contribution < 1.29 is 28.5 Å². The van der Waals surface area contributed by atoms with E-state index in [0.717, 1.165) is 67.6 Å². The molecule has 10 rings (SSSR count). The molecule has 0 saturated heterocycles. The summed E-state index contributed by atoms with van der Waals surface area (Å²) in [4.78, 5) is 0. The molecule has 2 N–H and O–H groups in total. The molecule has 9 heteroatoms. The van der Waals surface area contributed by atoms with Crippen LogP contribution in [-0.2, 0) is 10.8 Å². The maximum absolute atomic E-state index is 16.8. The third-order valence-electron chi connectivity index (χ3n) is 18.3. The van der Waals surface area contributed by atoms with E-state index in [0.29, 0.717) is 57.8 Å². The van der Waals surface area contributed by atoms with Gasteiger partial charge in [-0.15, -0.1) is 0 Å². The number of hydrogen-bond donors (Lipinski definition) is 2. The first-order valence-electron chi connectivity index (χ1n) is 32.6. The zero-order valence-electron chi connectivity index (χ0n) is 56.8. The summed E-state index contributed by atoms with van der Waals surface area (Å²) in [5.41, 5.74) is 13.2. The van der Waals surface area contributed by atoms with Crippen molar-refractivity contribution in [1.29, 1.82) is 0 Å². The minimum Gasteiger partial charge on any atom is -0.505 e. The van der Waals surface area contributed by atoms with Crippen molar-refractivity contribution in [1.82, 2.24) is 9.13 Å². The van der Waals surface area contributed by atoms with Crippen molar-refractivity contribution in [2.24, 2.45) is 10.8 Å². The summed E-state index contributed by atoms with van der Waals surface area (Å²) in [6, 6.07) is 40.7. The predicted octanol–water partition coefficient (Wildman–Crippen LogP) is 24.0. The fraction of sp³-hybridized carbons (Fsp3) is 0.407. The number of aromatic hydroxyl groups is 2. The van der Waals surface area contributed by atoms with Gasteiger partial charge in [-0.1, -0.05) is 185 Å². The third-order valence-corrected chi connectivity index (χ3v) is 18.5. The Labute approximate surface area is 539 Å². The summed E-state index contributed by atoms with van der Waals surface area (Å²) in [6.45, 7) is 42.1. The number of aromatic nitrogens is 2. The zero-order valence-corrected chi connectivity index (χ0v) is 57.6. The highest BCUT2D eigenvalue weighted by atomic mass is 35.5. The maximum atomic E-state index is 16.8. The summed E-state index contributed by atoms with van der Waals surface area (Å²) < 4.78 is 50.6. The van der Waals surface area contributed by atoms with Gasteiger partial charge in [0, 0.05) is 48.8 Å². The molecule has 6 nitrogen and oxygen atoms in total. The number of halogens is 3. The topological polar surface area (TPSA) is 68.8 Å². The van der Waals surface area contributed by atoms with Crippen LogP contribution in [0, 0.1) is 29.4 Å². The normalized spacial score (nSPS) is 12.9. The lowest BCUT2D eigenvalue weighted by Crippen LogP contribution is -2.25. The van der Waals surface area contributed by atoms with Gasteiger partial charge in [0.25, 0.3) is 0 Å². The molecule has 2 aromatic heterocycles. The molecule has 0 atom stereocenters. The smallest absolute Gasteiger partial charge is 0.167 e. The number of phenolic OH excluding ortho intramolecular Hbond substituents is 2. The highest BCUT2D eigenvalue weighted by Gasteiger charge is 2.34. The first-order valence-corrected chi connectivity index (χ1v) is 33.0. The van der Waals surface area contributed by atoms with Gasteiger partial charge < -0.3 is 28.8 Å². The van der Waals surface area contributed by atoms with Crippen LogP contribution in [0.25, 0.3) is 77.2 Å². The third kappa shape index (κ3) is 13.1. The largest absolute Gasteiger partial charge is 0.505 e. The molecule has 0 spiro atoms. The lowest BCUT2D eigenvalue weighted by Gasteiger charge is -2.34. The van der Waals surface area contributed by atoms with Crippen molar-refractivity contribution in [2.75, 3.05) is 13.2 Å². The van der Waals surface area contributed by atoms with E-state index in [-0.39, 0.29) is 75.4 Å². The number of nitrogens with zero attached hydrogens (tertiary/aromatic N) is 2. The van der Waals surface area contributed by atoms with E-state index >= 15 is 8.78 Å². The summed E-state index contributed by atoms with van der Waals surface area (Å²) in [5, 5.41) is 30.6. The van der Waals surface area contributed by atoms with Crippen molar-refractivity contribution in [3.05, 3.63) is 177 Å². The molecular formula is C81H95ClF2N2O4. The van der Waals surface area contributed by atoms with Crippen LogP contribution in [0.2, 0.25) is 5.02 Å². The van der Waals surface area contributed by atoms with Crippen molar-refractivity contribution in [3.8, 4) is 56.6 Å². The zero-order chi connectivity index (χ0) is 65.4. The Bertz CT molecular complexity index is 3960. The van der Waals surface area contributed by atoms with Gasteiger partial charge in [-0.05, 0) is 190 Å². The molecule has 90 heavy (non-hydrogen) atoms. The number of fused-ring (bicyclic) bond motifs is 6. The van der Waals surface area contributed by atoms with E-state index in [1.807, 2.05) is 19.1 Å². The summed E-state index contributed by atoms with van der Waals surface area (Å²) in [5.74, 6) is 0.426. The average Bonchev–Trinajstić information content (AvgIpc) is 1.53. The van der Waals surface area contributed by atoms with Crippen LogP contribution in [0.15, 0.2) is 121 Å². The van der Waals surface area contributed by atoms with Gasteiger partial charge in [-0.25, -0.2) is 8.78 Å². The average molecular weight is 1230 g/mol. The van der Waals surface area contributed by atoms with Crippen molar-refractivity contribution >= 4 is 55.2 Å². The molecule has 0 aliphatic carbocycles. The molecule has 0 radical (unpaired) electrons. The fourth-order valence-electron chi connectivity index (χ4n) is 14.3. The quantitative estimate of drug-likeness (QED) is 0.0792. The van der Waals surface area contributed by atoms with Crippen LogP contribution >= 0.6 is 11.6 Å². The molecule has 2 heterocycles. The number of ether oxygens (including phenoxy) is 2. The molecule has 474 valence electrons. The van der Waals surface area contributed by atoms with Crippen molar-refractivity contribution in [2.45, 2.75) is 192 Å². The van der Waals surface area contributed by atoms with Crippen LogP contribution in [0.5, 0.6) is 23.0 Å². The maximum Gasteiger partial charge on any atom is 0.167 e. The number of unbranched alkanes of at least 4 members (excludes halogenated alkanes) is 1. The lowest BCUT2D eigenvalue weighted by atomic mass is 9.71. The number of rotatable bonds is 19. The Hall–Kier alpha value is -7.29. The van der Waals surface area contributed by atoms with Gasteiger partial charge in [0.15, 0.2) is 11.6 Å². The minimum atomic E-state index is -0.644. The number of phenols is 2. The van der Waals surface area contributed by atoms with Gasteiger partial charge in [-0.3, -0.25) is 0 Å². The summed E-state index contributed by atoms with van der Waals surface area (Å²) in [7, 11) is 0. The Morgan fingerprint density at radius 3 is 1.12 bits per heavy atom. The molecule has 0 unspecified atom stereocenters. The molecule has 0 amide bonds. The minimum absolute atomic E-state index is 0.0138. The summed E-state index contributed by atoms with van der Waals surface area (Å²) in [6.07, 6.45) is 2.61. The summed E-state index contributed by atoms with van der Waals surface area (Å²) >= 11 is 6.81. The van der Waals surface area contributed by atoms with Crippen LogP contribution in [0.1, 0.15) is 213 Å².